The summed E-state index contributed by atoms with van der Waals surface area (Å²) in [4.78, 5) is 21.9. The molecular weight excluding hydrogens is 337 g/mol. The van der Waals surface area contributed by atoms with Crippen LogP contribution in [0.4, 0.5) is 13.2 Å². The van der Waals surface area contributed by atoms with Gasteiger partial charge in [0.15, 0.2) is 0 Å². The highest BCUT2D eigenvalue weighted by Crippen LogP contribution is 2.23. The molecule has 0 heterocycles. The largest absolute Gasteiger partial charge is 0.492 e. The first-order chi connectivity index (χ1) is 10.8. The number of halogens is 4. The molecule has 23 heavy (non-hydrogen) atoms. The van der Waals surface area contributed by atoms with Crippen LogP contribution in [0.1, 0.15) is 12.8 Å². The smallest absolute Gasteiger partial charge is 0.471 e. The number of hydrogen-bond acceptors (Lipinski definition) is 3. The molecule has 2 N–H and O–H groups in total. The summed E-state index contributed by atoms with van der Waals surface area (Å²) in [6, 6.07) is 6.91. The summed E-state index contributed by atoms with van der Waals surface area (Å²) in [7, 11) is 0. The number of hydrogen-bond donors (Lipinski definition) is 2. The van der Waals surface area contributed by atoms with Crippen LogP contribution in [-0.4, -0.2) is 37.7 Å². The van der Waals surface area contributed by atoms with Crippen molar-refractivity contribution < 1.29 is 27.5 Å². The van der Waals surface area contributed by atoms with E-state index < -0.39 is 12.1 Å². The van der Waals surface area contributed by atoms with E-state index in [0.29, 0.717) is 17.2 Å². The molecule has 0 aliphatic rings. The monoisotopic (exact) mass is 352 g/mol. The number of para-hydroxylation sites is 1. The minimum Gasteiger partial charge on any atom is -0.492 e. The first-order valence-electron chi connectivity index (χ1n) is 6.79. The molecule has 2 amide bonds. The Balaban J connectivity index is 2.09. The van der Waals surface area contributed by atoms with Gasteiger partial charge in [-0.2, -0.15) is 13.2 Å². The van der Waals surface area contributed by atoms with E-state index in [1.165, 1.54) is 0 Å². The molecule has 1 rings (SSSR count). The van der Waals surface area contributed by atoms with Gasteiger partial charge >= 0.3 is 12.1 Å². The van der Waals surface area contributed by atoms with Crippen LogP contribution in [0.25, 0.3) is 0 Å². The van der Waals surface area contributed by atoms with Crippen molar-refractivity contribution >= 4 is 23.4 Å². The standard InChI is InChI=1S/C14H16ClF3N2O3/c15-10-4-1-2-5-11(10)23-9-3-6-12(21)19-7-8-20-13(22)14(16,17)18/h1-2,4-5H,3,6-9H2,(H,19,21)(H,20,22). The van der Waals surface area contributed by atoms with Crippen molar-refractivity contribution in [3.05, 3.63) is 29.3 Å². The normalized spacial score (nSPS) is 11.0. The summed E-state index contributed by atoms with van der Waals surface area (Å²) in [5.41, 5.74) is 0. The number of alkyl halides is 3. The van der Waals surface area contributed by atoms with Crippen molar-refractivity contribution in [2.45, 2.75) is 19.0 Å². The van der Waals surface area contributed by atoms with Gasteiger partial charge in [-0.3, -0.25) is 9.59 Å². The van der Waals surface area contributed by atoms with Crippen molar-refractivity contribution in [1.82, 2.24) is 10.6 Å². The van der Waals surface area contributed by atoms with Gasteiger partial charge in [0.1, 0.15) is 5.75 Å². The molecule has 0 aromatic heterocycles. The highest BCUT2D eigenvalue weighted by atomic mass is 35.5. The number of nitrogens with one attached hydrogen (secondary N) is 2. The summed E-state index contributed by atoms with van der Waals surface area (Å²) < 4.78 is 41.0. The Morgan fingerprint density at radius 3 is 2.43 bits per heavy atom. The second kappa shape index (κ2) is 9.24. The Hall–Kier alpha value is -1.96. The molecule has 0 unspecified atom stereocenters. The molecule has 0 saturated carbocycles. The molecule has 0 spiro atoms. The van der Waals surface area contributed by atoms with Crippen LogP contribution < -0.4 is 15.4 Å². The third-order valence-corrected chi connectivity index (χ3v) is 2.94. The summed E-state index contributed by atoms with van der Waals surface area (Å²) in [5.74, 6) is -1.85. The molecule has 0 saturated heterocycles. The second-order valence-electron chi connectivity index (χ2n) is 4.49. The lowest BCUT2D eigenvalue weighted by atomic mass is 10.3. The topological polar surface area (TPSA) is 67.4 Å². The Labute approximate surface area is 136 Å². The van der Waals surface area contributed by atoms with E-state index in [-0.39, 0.29) is 32.0 Å². The van der Waals surface area contributed by atoms with Crippen molar-refractivity contribution in [3.63, 3.8) is 0 Å². The molecule has 0 atom stereocenters. The van der Waals surface area contributed by atoms with Gasteiger partial charge < -0.3 is 15.4 Å². The zero-order valence-electron chi connectivity index (χ0n) is 12.1. The van der Waals surface area contributed by atoms with Gasteiger partial charge in [0.2, 0.25) is 5.91 Å². The van der Waals surface area contributed by atoms with Crippen LogP contribution in [0, 0.1) is 0 Å². The van der Waals surface area contributed by atoms with Crippen LogP contribution in [0.5, 0.6) is 5.75 Å². The molecule has 5 nitrogen and oxygen atoms in total. The van der Waals surface area contributed by atoms with E-state index in [9.17, 15) is 22.8 Å². The van der Waals surface area contributed by atoms with Gasteiger partial charge in [-0.1, -0.05) is 23.7 Å². The molecule has 128 valence electrons. The number of amides is 2. The lowest BCUT2D eigenvalue weighted by Crippen LogP contribution is -2.41. The summed E-state index contributed by atoms with van der Waals surface area (Å²) >= 11 is 5.89. The average Bonchev–Trinajstić information content (AvgIpc) is 2.48. The molecule has 0 bridgehead atoms. The number of benzene rings is 1. The summed E-state index contributed by atoms with van der Waals surface area (Å²) in [5, 5.41) is 4.52. The zero-order valence-corrected chi connectivity index (χ0v) is 12.8. The van der Waals surface area contributed by atoms with E-state index in [1.807, 2.05) is 0 Å². The van der Waals surface area contributed by atoms with Gasteiger partial charge in [-0.25, -0.2) is 0 Å². The van der Waals surface area contributed by atoms with E-state index in [0.717, 1.165) is 0 Å². The maximum Gasteiger partial charge on any atom is 0.471 e. The van der Waals surface area contributed by atoms with Crippen molar-refractivity contribution in [2.24, 2.45) is 0 Å². The number of carbonyl (C=O) groups excluding carboxylic acids is 2. The number of carbonyl (C=O) groups is 2. The third kappa shape index (κ3) is 7.73. The van der Waals surface area contributed by atoms with Crippen molar-refractivity contribution in [3.8, 4) is 5.75 Å². The predicted molar refractivity (Wildman–Crippen MR) is 78.3 cm³/mol. The Morgan fingerprint density at radius 1 is 1.13 bits per heavy atom. The van der Waals surface area contributed by atoms with Crippen LogP contribution in [0.2, 0.25) is 5.02 Å². The average molecular weight is 353 g/mol. The second-order valence-corrected chi connectivity index (χ2v) is 4.89. The first-order valence-corrected chi connectivity index (χ1v) is 7.17. The Kier molecular flexibility index (Phi) is 7.67. The Bertz CT molecular complexity index is 538. The van der Waals surface area contributed by atoms with Gasteiger partial charge in [0, 0.05) is 19.5 Å². The van der Waals surface area contributed by atoms with Gasteiger partial charge in [0.25, 0.3) is 0 Å². The molecule has 0 fully saturated rings. The SMILES string of the molecule is O=C(CCCOc1ccccc1Cl)NCCNC(=O)C(F)(F)F. The molecule has 0 radical (unpaired) electrons. The van der Waals surface area contributed by atoms with E-state index in [1.54, 1.807) is 29.6 Å². The van der Waals surface area contributed by atoms with Crippen LogP contribution in [-0.2, 0) is 9.59 Å². The third-order valence-electron chi connectivity index (χ3n) is 2.63. The minimum absolute atomic E-state index is 0.0774. The highest BCUT2D eigenvalue weighted by molar-refractivity contribution is 6.32. The first kappa shape index (κ1) is 19.1. The fourth-order valence-electron chi connectivity index (χ4n) is 1.54. The highest BCUT2D eigenvalue weighted by Gasteiger charge is 2.38. The van der Waals surface area contributed by atoms with Crippen LogP contribution in [0.3, 0.4) is 0 Å². The zero-order chi connectivity index (χ0) is 17.3. The Morgan fingerprint density at radius 2 is 1.78 bits per heavy atom. The lowest BCUT2D eigenvalue weighted by Gasteiger charge is -2.09. The van der Waals surface area contributed by atoms with Gasteiger partial charge in [0.05, 0.1) is 11.6 Å². The fourth-order valence-corrected chi connectivity index (χ4v) is 1.73. The van der Waals surface area contributed by atoms with E-state index in [4.69, 9.17) is 16.3 Å². The van der Waals surface area contributed by atoms with Gasteiger partial charge in [-0.15, -0.1) is 0 Å². The predicted octanol–water partition coefficient (Wildman–Crippen LogP) is 2.29. The van der Waals surface area contributed by atoms with E-state index >= 15 is 0 Å². The number of rotatable bonds is 8. The van der Waals surface area contributed by atoms with Crippen LogP contribution in [0.15, 0.2) is 24.3 Å². The molecular formula is C14H16ClF3N2O3. The van der Waals surface area contributed by atoms with Crippen LogP contribution >= 0.6 is 11.6 Å². The fraction of sp³-hybridized carbons (Fsp3) is 0.429. The van der Waals surface area contributed by atoms with Crippen molar-refractivity contribution in [2.75, 3.05) is 19.7 Å². The number of ether oxygens (including phenoxy) is 1. The maximum absolute atomic E-state index is 11.9. The van der Waals surface area contributed by atoms with E-state index in [2.05, 4.69) is 5.32 Å². The van der Waals surface area contributed by atoms with Crippen molar-refractivity contribution in [1.29, 1.82) is 0 Å². The quantitative estimate of drug-likeness (QED) is 0.705. The molecule has 1 aromatic rings. The maximum atomic E-state index is 11.9. The molecule has 0 aliphatic heterocycles. The van der Waals surface area contributed by atoms with Gasteiger partial charge in [-0.05, 0) is 18.6 Å². The summed E-state index contributed by atoms with van der Waals surface area (Å²) in [6.07, 6.45) is -4.34. The lowest BCUT2D eigenvalue weighted by molar-refractivity contribution is -0.173. The molecule has 0 aliphatic carbocycles. The molecule has 1 aromatic carbocycles. The summed E-state index contributed by atoms with van der Waals surface area (Å²) in [6.45, 7) is -0.0891. The molecule has 9 heteroatoms. The minimum atomic E-state index is -4.92.